The lowest BCUT2D eigenvalue weighted by molar-refractivity contribution is -0.153. The molecule has 3 aromatic rings. The average molecular weight is 550 g/mol. The van der Waals surface area contributed by atoms with Crippen LogP contribution in [0.5, 0.6) is 11.5 Å². The molecular weight excluding hydrogens is 531 g/mol. The van der Waals surface area contributed by atoms with E-state index < -0.39 is 28.8 Å². The maximum absolute atomic E-state index is 12.8. The predicted octanol–water partition coefficient (Wildman–Crippen LogP) is 2.29. The van der Waals surface area contributed by atoms with Gasteiger partial charge in [-0.15, -0.1) is 10.2 Å². The highest BCUT2D eigenvalue weighted by atomic mass is 35.5. The zero-order chi connectivity index (χ0) is 25.9. The quantitative estimate of drug-likeness (QED) is 0.422. The Morgan fingerprint density at radius 1 is 1.25 bits per heavy atom. The van der Waals surface area contributed by atoms with Crippen molar-refractivity contribution >= 4 is 27.6 Å². The molecule has 1 aliphatic rings. The molecule has 0 bridgehead atoms. The van der Waals surface area contributed by atoms with E-state index in [2.05, 4.69) is 29.9 Å². The lowest BCUT2D eigenvalue weighted by Gasteiger charge is -2.19. The van der Waals surface area contributed by atoms with Gasteiger partial charge in [-0.05, 0) is 0 Å². The van der Waals surface area contributed by atoms with Crippen LogP contribution in [0.3, 0.4) is 0 Å². The summed E-state index contributed by atoms with van der Waals surface area (Å²) in [6.45, 7) is -1.61. The highest BCUT2D eigenvalue weighted by Crippen LogP contribution is 2.41. The third-order valence-corrected chi connectivity index (χ3v) is 6.26. The number of fused-ring (bicyclic) bond motifs is 3. The molecule has 1 N–H and O–H groups in total. The summed E-state index contributed by atoms with van der Waals surface area (Å²) in [5.41, 5.74) is 0.0285. The molecule has 0 spiro atoms. The van der Waals surface area contributed by atoms with Crippen LogP contribution < -0.4 is 14.2 Å². The average Bonchev–Trinajstić information content (AvgIpc) is 3.14. The minimum absolute atomic E-state index is 0.00238. The van der Waals surface area contributed by atoms with Gasteiger partial charge >= 0.3 is 6.18 Å². The van der Waals surface area contributed by atoms with Crippen molar-refractivity contribution in [2.45, 2.75) is 18.6 Å². The second-order valence-electron chi connectivity index (χ2n) is 7.52. The SMILES string of the molecule is COC[C@H]1COc2c(OCC(F)(F)F)ccnc2-c2nnc(NS(=O)(=O)CCc3ncc(Cl)cn3)n21. The van der Waals surface area contributed by atoms with Gasteiger partial charge in [0.15, 0.2) is 29.6 Å². The predicted molar refractivity (Wildman–Crippen MR) is 119 cm³/mol. The molecule has 36 heavy (non-hydrogen) atoms. The van der Waals surface area contributed by atoms with Crippen LogP contribution in [0.4, 0.5) is 19.1 Å². The number of nitrogens with one attached hydrogen (secondary N) is 1. The fourth-order valence-corrected chi connectivity index (χ4v) is 4.39. The molecule has 1 aliphatic heterocycles. The van der Waals surface area contributed by atoms with E-state index in [0.29, 0.717) is 5.02 Å². The van der Waals surface area contributed by atoms with E-state index in [4.69, 9.17) is 25.8 Å². The zero-order valence-corrected chi connectivity index (χ0v) is 20.1. The fraction of sp³-hybridized carbons (Fsp3) is 0.421. The number of methoxy groups -OCH3 is 1. The number of ether oxygens (including phenoxy) is 3. The Kier molecular flexibility index (Phi) is 7.46. The van der Waals surface area contributed by atoms with E-state index in [9.17, 15) is 21.6 Å². The van der Waals surface area contributed by atoms with Gasteiger partial charge in [-0.1, -0.05) is 11.6 Å². The van der Waals surface area contributed by atoms with Crippen LogP contribution in [0.15, 0.2) is 24.7 Å². The lowest BCUT2D eigenvalue weighted by atomic mass is 10.3. The molecule has 0 radical (unpaired) electrons. The molecule has 3 aromatic heterocycles. The molecule has 0 fully saturated rings. The highest BCUT2D eigenvalue weighted by Gasteiger charge is 2.34. The number of nitrogens with zero attached hydrogens (tertiary/aromatic N) is 6. The number of alkyl halides is 3. The van der Waals surface area contributed by atoms with Crippen LogP contribution in [0.25, 0.3) is 11.5 Å². The molecule has 0 aromatic carbocycles. The number of rotatable bonds is 9. The summed E-state index contributed by atoms with van der Waals surface area (Å²) in [6, 6.07) is 0.576. The van der Waals surface area contributed by atoms with Crippen molar-refractivity contribution in [1.82, 2.24) is 29.7 Å². The second kappa shape index (κ2) is 10.4. The van der Waals surface area contributed by atoms with E-state index in [0.717, 1.165) is 0 Å². The van der Waals surface area contributed by atoms with Crippen molar-refractivity contribution < 1.29 is 35.8 Å². The zero-order valence-electron chi connectivity index (χ0n) is 18.6. The van der Waals surface area contributed by atoms with Gasteiger partial charge in [0.2, 0.25) is 16.0 Å². The van der Waals surface area contributed by atoms with Gasteiger partial charge in [0.05, 0.1) is 23.4 Å². The number of aromatic nitrogens is 6. The van der Waals surface area contributed by atoms with Gasteiger partial charge in [0, 0.05) is 38.2 Å². The van der Waals surface area contributed by atoms with Crippen molar-refractivity contribution in [3.05, 3.63) is 35.5 Å². The topological polar surface area (TPSA) is 143 Å². The molecule has 1 atom stereocenters. The first kappa shape index (κ1) is 25.8. The van der Waals surface area contributed by atoms with Gasteiger partial charge in [-0.25, -0.2) is 23.4 Å². The number of halogens is 4. The molecule has 194 valence electrons. The Morgan fingerprint density at radius 2 is 2.00 bits per heavy atom. The minimum Gasteiger partial charge on any atom is -0.485 e. The second-order valence-corrected chi connectivity index (χ2v) is 9.79. The summed E-state index contributed by atoms with van der Waals surface area (Å²) in [7, 11) is -2.52. The van der Waals surface area contributed by atoms with Crippen molar-refractivity contribution in [2.75, 3.05) is 37.4 Å². The van der Waals surface area contributed by atoms with Crippen molar-refractivity contribution in [2.24, 2.45) is 0 Å². The van der Waals surface area contributed by atoms with Gasteiger partial charge in [-0.2, -0.15) is 13.2 Å². The van der Waals surface area contributed by atoms with E-state index >= 15 is 0 Å². The van der Waals surface area contributed by atoms with Crippen LogP contribution in [0.1, 0.15) is 11.9 Å². The van der Waals surface area contributed by atoms with Crippen LogP contribution >= 0.6 is 11.6 Å². The molecule has 0 amide bonds. The summed E-state index contributed by atoms with van der Waals surface area (Å²) < 4.78 is 83.3. The molecule has 0 unspecified atom stereocenters. The van der Waals surface area contributed by atoms with E-state index in [1.165, 1.54) is 36.3 Å². The number of sulfonamides is 1. The normalized spacial score (nSPS) is 15.4. The molecule has 12 nitrogen and oxygen atoms in total. The molecule has 4 heterocycles. The molecular formula is C19H19ClF3N7O5S. The monoisotopic (exact) mass is 549 g/mol. The van der Waals surface area contributed by atoms with Crippen LogP contribution in [-0.2, 0) is 21.2 Å². The highest BCUT2D eigenvalue weighted by molar-refractivity contribution is 7.92. The van der Waals surface area contributed by atoms with E-state index in [1.54, 1.807) is 0 Å². The summed E-state index contributed by atoms with van der Waals surface area (Å²) in [5.74, 6) is -0.463. The van der Waals surface area contributed by atoms with Crippen molar-refractivity contribution in [1.29, 1.82) is 0 Å². The standard InChI is InChI=1S/C19H19ClF3N7O5S/c1-33-8-12-9-34-16-13(35-10-19(21,22)23)2-4-24-15(16)17-27-28-18(30(12)17)29-36(31,32)5-3-14-25-6-11(20)7-26-14/h2,4,6-7,12H,3,5,8-10H2,1H3,(H,28,29)/t12-/m0/s1. The van der Waals surface area contributed by atoms with E-state index in [1.807, 2.05) is 0 Å². The lowest BCUT2D eigenvalue weighted by Crippen LogP contribution is -2.26. The number of anilines is 1. The fourth-order valence-electron chi connectivity index (χ4n) is 3.32. The summed E-state index contributed by atoms with van der Waals surface area (Å²) in [6.07, 6.45) is -0.631. The first-order valence-corrected chi connectivity index (χ1v) is 12.3. The van der Waals surface area contributed by atoms with Crippen LogP contribution in [0.2, 0.25) is 5.02 Å². The summed E-state index contributed by atoms with van der Waals surface area (Å²) in [5, 5.41) is 8.28. The largest absolute Gasteiger partial charge is 0.485 e. The maximum atomic E-state index is 12.8. The Bertz CT molecular complexity index is 1320. The molecule has 0 saturated heterocycles. The Hall–Kier alpha value is -3.24. The first-order chi connectivity index (χ1) is 17.1. The minimum atomic E-state index is -4.57. The Labute approximate surface area is 207 Å². The van der Waals surface area contributed by atoms with Gasteiger partial charge < -0.3 is 14.2 Å². The molecule has 4 rings (SSSR count). The van der Waals surface area contributed by atoms with Gasteiger partial charge in [-0.3, -0.25) is 9.29 Å². The third-order valence-electron chi connectivity index (χ3n) is 4.83. The smallest absolute Gasteiger partial charge is 0.422 e. The van der Waals surface area contributed by atoms with Gasteiger partial charge in [0.1, 0.15) is 12.4 Å². The van der Waals surface area contributed by atoms with Gasteiger partial charge in [0.25, 0.3) is 0 Å². The number of hydrogen-bond acceptors (Lipinski definition) is 10. The molecule has 0 saturated carbocycles. The van der Waals surface area contributed by atoms with E-state index in [-0.39, 0.29) is 60.2 Å². The van der Waals surface area contributed by atoms with Crippen molar-refractivity contribution in [3.63, 3.8) is 0 Å². The van der Waals surface area contributed by atoms with Crippen LogP contribution in [0, 0.1) is 0 Å². The third kappa shape index (κ3) is 6.11. The van der Waals surface area contributed by atoms with Crippen molar-refractivity contribution in [3.8, 4) is 23.0 Å². The summed E-state index contributed by atoms with van der Waals surface area (Å²) in [4.78, 5) is 12.1. The number of pyridine rings is 1. The molecule has 0 aliphatic carbocycles. The van der Waals surface area contributed by atoms with Crippen LogP contribution in [-0.4, -0.2) is 77.0 Å². The Balaban J connectivity index is 1.63. The Morgan fingerprint density at radius 3 is 2.69 bits per heavy atom. The summed E-state index contributed by atoms with van der Waals surface area (Å²) >= 11 is 5.74. The maximum Gasteiger partial charge on any atom is 0.422 e. The molecule has 17 heteroatoms. The first-order valence-electron chi connectivity index (χ1n) is 10.3. The number of hydrogen-bond donors (Lipinski definition) is 1. The number of aryl methyl sites for hydroxylation is 1.